The molecule has 0 amide bonds. The van der Waals surface area contributed by atoms with Gasteiger partial charge in [0.2, 0.25) is 0 Å². The first-order valence-corrected chi connectivity index (χ1v) is 4.37. The Balaban J connectivity index is 3.07. The van der Waals surface area contributed by atoms with E-state index in [0.29, 0.717) is 5.56 Å². The Bertz CT molecular complexity index is 302. The molecule has 13 heavy (non-hydrogen) atoms. The quantitative estimate of drug-likeness (QED) is 0.769. The van der Waals surface area contributed by atoms with E-state index in [1.807, 2.05) is 0 Å². The van der Waals surface area contributed by atoms with Crippen molar-refractivity contribution >= 4 is 11.6 Å². The van der Waals surface area contributed by atoms with E-state index in [1.165, 1.54) is 6.07 Å². The first-order chi connectivity index (χ1) is 6.04. The maximum atomic E-state index is 13.0. The predicted molar refractivity (Wildman–Crippen MR) is 52.0 cm³/mol. The highest BCUT2D eigenvalue weighted by Crippen LogP contribution is 2.25. The van der Waals surface area contributed by atoms with Crippen molar-refractivity contribution in [3.63, 3.8) is 0 Å². The minimum atomic E-state index is -0.463. The van der Waals surface area contributed by atoms with Crippen LogP contribution in [0.1, 0.15) is 18.5 Å². The Morgan fingerprint density at radius 1 is 1.38 bits per heavy atom. The zero-order valence-electron chi connectivity index (χ0n) is 7.30. The summed E-state index contributed by atoms with van der Waals surface area (Å²) in [4.78, 5) is 0. The molecule has 1 aromatic rings. The molecule has 2 nitrogen and oxygen atoms in total. The van der Waals surface area contributed by atoms with Crippen LogP contribution in [0.25, 0.3) is 0 Å². The van der Waals surface area contributed by atoms with Crippen molar-refractivity contribution in [3.05, 3.63) is 34.6 Å². The molecule has 2 atom stereocenters. The van der Waals surface area contributed by atoms with Gasteiger partial charge in [0.15, 0.2) is 0 Å². The molecule has 1 rings (SSSR count). The molecule has 0 aliphatic carbocycles. The molecule has 4 heteroatoms. The molecular weight excluding hydrogens is 191 g/mol. The van der Waals surface area contributed by atoms with E-state index < -0.39 is 11.9 Å². The highest BCUT2D eigenvalue weighted by molar-refractivity contribution is 6.31. The van der Waals surface area contributed by atoms with Gasteiger partial charge in [-0.3, -0.25) is 0 Å². The number of nitrogens with two attached hydrogens (primary N) is 2. The molecule has 0 saturated heterocycles. The first-order valence-electron chi connectivity index (χ1n) is 3.99. The van der Waals surface area contributed by atoms with Crippen molar-refractivity contribution < 1.29 is 4.39 Å². The zero-order valence-corrected chi connectivity index (χ0v) is 8.05. The lowest BCUT2D eigenvalue weighted by Crippen LogP contribution is -2.31. The average molecular weight is 203 g/mol. The zero-order chi connectivity index (χ0) is 10.0. The average Bonchev–Trinajstić information content (AvgIpc) is 2.08. The smallest absolute Gasteiger partial charge is 0.142 e. The van der Waals surface area contributed by atoms with Crippen molar-refractivity contribution in [3.8, 4) is 0 Å². The molecule has 0 radical (unpaired) electrons. The summed E-state index contributed by atoms with van der Waals surface area (Å²) in [5.74, 6) is -0.463. The Hall–Kier alpha value is -0.640. The monoisotopic (exact) mass is 202 g/mol. The molecular formula is C9H12ClFN2. The third-order valence-electron chi connectivity index (χ3n) is 1.91. The van der Waals surface area contributed by atoms with Gasteiger partial charge >= 0.3 is 0 Å². The van der Waals surface area contributed by atoms with E-state index in [4.69, 9.17) is 23.1 Å². The van der Waals surface area contributed by atoms with Crippen LogP contribution in [-0.2, 0) is 0 Å². The Labute approximate surface area is 81.7 Å². The third kappa shape index (κ3) is 2.18. The van der Waals surface area contributed by atoms with Crippen LogP contribution in [0.2, 0.25) is 5.02 Å². The molecule has 0 aromatic heterocycles. The molecule has 0 aliphatic rings. The van der Waals surface area contributed by atoms with Crippen LogP contribution >= 0.6 is 11.6 Å². The molecule has 0 aliphatic heterocycles. The fourth-order valence-electron chi connectivity index (χ4n) is 1.06. The van der Waals surface area contributed by atoms with Gasteiger partial charge in [0, 0.05) is 12.1 Å². The van der Waals surface area contributed by atoms with Crippen LogP contribution in [0.4, 0.5) is 4.39 Å². The van der Waals surface area contributed by atoms with Crippen LogP contribution in [-0.4, -0.2) is 6.04 Å². The van der Waals surface area contributed by atoms with Gasteiger partial charge in [-0.2, -0.15) is 0 Å². The topological polar surface area (TPSA) is 52.0 Å². The maximum Gasteiger partial charge on any atom is 0.142 e. The Kier molecular flexibility index (Phi) is 3.25. The van der Waals surface area contributed by atoms with E-state index in [9.17, 15) is 4.39 Å². The second-order valence-corrected chi connectivity index (χ2v) is 3.41. The van der Waals surface area contributed by atoms with Crippen molar-refractivity contribution in [1.29, 1.82) is 0 Å². The number of hydrogen-bond donors (Lipinski definition) is 2. The van der Waals surface area contributed by atoms with Gasteiger partial charge in [0.05, 0.1) is 5.02 Å². The largest absolute Gasteiger partial charge is 0.326 e. The highest BCUT2D eigenvalue weighted by atomic mass is 35.5. The normalized spacial score (nSPS) is 15.5. The van der Waals surface area contributed by atoms with Crippen molar-refractivity contribution in [2.45, 2.75) is 19.0 Å². The van der Waals surface area contributed by atoms with Gasteiger partial charge in [-0.1, -0.05) is 23.7 Å². The summed E-state index contributed by atoms with van der Waals surface area (Å²) in [6, 6.07) is 3.86. The van der Waals surface area contributed by atoms with Gasteiger partial charge < -0.3 is 11.5 Å². The van der Waals surface area contributed by atoms with Crippen LogP contribution in [0.5, 0.6) is 0 Å². The maximum absolute atomic E-state index is 13.0. The number of benzene rings is 1. The van der Waals surface area contributed by atoms with Crippen LogP contribution in [0.15, 0.2) is 18.2 Å². The summed E-state index contributed by atoms with van der Waals surface area (Å²) in [6.07, 6.45) is 0. The predicted octanol–water partition coefficient (Wildman–Crippen LogP) is 1.83. The fourth-order valence-corrected chi connectivity index (χ4v) is 1.31. The van der Waals surface area contributed by atoms with Gasteiger partial charge in [-0.05, 0) is 18.6 Å². The van der Waals surface area contributed by atoms with E-state index >= 15 is 0 Å². The van der Waals surface area contributed by atoms with Gasteiger partial charge in [-0.25, -0.2) is 4.39 Å². The molecule has 1 aromatic carbocycles. The van der Waals surface area contributed by atoms with Crippen molar-refractivity contribution in [2.24, 2.45) is 11.5 Å². The minimum Gasteiger partial charge on any atom is -0.326 e. The highest BCUT2D eigenvalue weighted by Gasteiger charge is 2.15. The summed E-state index contributed by atoms with van der Waals surface area (Å²) < 4.78 is 13.0. The van der Waals surface area contributed by atoms with Crippen molar-refractivity contribution in [1.82, 2.24) is 0 Å². The van der Waals surface area contributed by atoms with Gasteiger partial charge in [0.1, 0.15) is 5.82 Å². The second-order valence-electron chi connectivity index (χ2n) is 3.03. The lowest BCUT2D eigenvalue weighted by atomic mass is 10.0. The molecule has 0 bridgehead atoms. The van der Waals surface area contributed by atoms with E-state index in [0.717, 1.165) is 0 Å². The second kappa shape index (κ2) is 4.05. The minimum absolute atomic E-state index is 0.0623. The summed E-state index contributed by atoms with van der Waals surface area (Å²) in [5.41, 5.74) is 11.9. The molecule has 0 saturated carbocycles. The molecule has 0 spiro atoms. The summed E-state index contributed by atoms with van der Waals surface area (Å²) in [6.45, 7) is 1.76. The van der Waals surface area contributed by atoms with E-state index in [1.54, 1.807) is 19.1 Å². The Morgan fingerprint density at radius 2 is 2.00 bits per heavy atom. The van der Waals surface area contributed by atoms with Gasteiger partial charge in [-0.15, -0.1) is 0 Å². The standard InChI is InChI=1S/C9H12ClFN2/c1-5(12)9(13)6-3-2-4-7(11)8(6)10/h2-5,9H,12-13H2,1H3/t5-,9+/m0/s1. The lowest BCUT2D eigenvalue weighted by molar-refractivity contribution is 0.577. The SMILES string of the molecule is C[C@H](N)[C@@H](N)c1cccc(F)c1Cl. The van der Waals surface area contributed by atoms with Crippen molar-refractivity contribution in [2.75, 3.05) is 0 Å². The van der Waals surface area contributed by atoms with Gasteiger partial charge in [0.25, 0.3) is 0 Å². The Morgan fingerprint density at radius 3 is 2.54 bits per heavy atom. The van der Waals surface area contributed by atoms with Crippen LogP contribution in [0.3, 0.4) is 0 Å². The van der Waals surface area contributed by atoms with E-state index in [2.05, 4.69) is 0 Å². The lowest BCUT2D eigenvalue weighted by Gasteiger charge is -2.17. The molecule has 0 heterocycles. The van der Waals surface area contributed by atoms with Crippen LogP contribution in [0, 0.1) is 5.82 Å². The number of halogens is 2. The molecule has 72 valence electrons. The number of rotatable bonds is 2. The number of hydrogen-bond acceptors (Lipinski definition) is 2. The molecule has 0 unspecified atom stereocenters. The van der Waals surface area contributed by atoms with Crippen LogP contribution < -0.4 is 11.5 Å². The summed E-state index contributed by atoms with van der Waals surface area (Å²) in [7, 11) is 0. The molecule has 4 N–H and O–H groups in total. The fraction of sp³-hybridized carbons (Fsp3) is 0.333. The summed E-state index contributed by atoms with van der Waals surface area (Å²) in [5, 5.41) is 0.0623. The van der Waals surface area contributed by atoms with E-state index in [-0.39, 0.29) is 11.1 Å². The summed E-state index contributed by atoms with van der Waals surface area (Å²) >= 11 is 5.72. The molecule has 0 fully saturated rings. The third-order valence-corrected chi connectivity index (χ3v) is 2.31. The first kappa shape index (κ1) is 10.4.